The van der Waals surface area contributed by atoms with Gasteiger partial charge in [-0.25, -0.2) is 5.06 Å². The number of hydrogen-bond donors (Lipinski definition) is 0. The molecule has 1 aromatic carbocycles. The average Bonchev–Trinajstić information content (AvgIpc) is 2.70. The number of benzene rings is 1. The predicted octanol–water partition coefficient (Wildman–Crippen LogP) is 2.53. The molecule has 0 N–H and O–H groups in total. The summed E-state index contributed by atoms with van der Waals surface area (Å²) >= 11 is 1.44. The Morgan fingerprint density at radius 2 is 2.13 bits per heavy atom. The zero-order valence-electron chi connectivity index (χ0n) is 8.56. The maximum atomic E-state index is 11.9. The summed E-state index contributed by atoms with van der Waals surface area (Å²) in [5, 5.41) is 5.29. The quantitative estimate of drug-likeness (QED) is 0.729. The zero-order chi connectivity index (χ0) is 10.8. The van der Waals surface area contributed by atoms with Gasteiger partial charge < -0.3 is 0 Å². The number of fused-ring (bicyclic) bond motifs is 1. The van der Waals surface area contributed by atoms with Crippen molar-refractivity contribution in [3.63, 3.8) is 0 Å². The van der Waals surface area contributed by atoms with E-state index in [-0.39, 0.29) is 5.91 Å². The van der Waals surface area contributed by atoms with Crippen molar-refractivity contribution in [3.05, 3.63) is 34.5 Å². The highest BCUT2D eigenvalue weighted by Crippen LogP contribution is 2.26. The van der Waals surface area contributed by atoms with Crippen LogP contribution in [0, 0.1) is 0 Å². The van der Waals surface area contributed by atoms with E-state index in [0.717, 1.165) is 15.6 Å². The van der Waals surface area contributed by atoms with Gasteiger partial charge in [-0.15, -0.1) is 11.3 Å². The molecule has 0 bridgehead atoms. The van der Waals surface area contributed by atoms with Crippen molar-refractivity contribution in [1.82, 2.24) is 5.06 Å². The minimum absolute atomic E-state index is 0.108. The molecule has 0 fully saturated rings. The van der Waals surface area contributed by atoms with E-state index in [1.165, 1.54) is 23.5 Å². The topological polar surface area (TPSA) is 29.5 Å². The lowest BCUT2D eigenvalue weighted by Crippen LogP contribution is -2.24. The number of amides is 1. The highest BCUT2D eigenvalue weighted by atomic mass is 32.1. The fourth-order valence-electron chi connectivity index (χ4n) is 1.38. The highest BCUT2D eigenvalue weighted by Gasteiger charge is 2.16. The van der Waals surface area contributed by atoms with Crippen molar-refractivity contribution in [2.45, 2.75) is 0 Å². The van der Waals surface area contributed by atoms with Crippen LogP contribution in [0.3, 0.4) is 0 Å². The molecule has 1 amide bonds. The second-order valence-electron chi connectivity index (χ2n) is 3.14. The SMILES string of the molecule is CON(C)C(=O)c1scc2ccccc12. The van der Waals surface area contributed by atoms with Gasteiger partial charge in [-0.1, -0.05) is 24.3 Å². The number of carbonyl (C=O) groups is 1. The van der Waals surface area contributed by atoms with Crippen LogP contribution < -0.4 is 0 Å². The highest BCUT2D eigenvalue weighted by molar-refractivity contribution is 7.13. The average molecular weight is 221 g/mol. The molecular weight excluding hydrogens is 210 g/mol. The predicted molar refractivity (Wildman–Crippen MR) is 60.9 cm³/mol. The Labute approximate surface area is 91.8 Å². The first-order chi connectivity index (χ1) is 7.24. The monoisotopic (exact) mass is 221 g/mol. The molecule has 1 aromatic heterocycles. The van der Waals surface area contributed by atoms with Gasteiger partial charge in [0, 0.05) is 12.4 Å². The van der Waals surface area contributed by atoms with E-state index in [1.54, 1.807) is 7.05 Å². The fraction of sp³-hybridized carbons (Fsp3) is 0.182. The molecule has 15 heavy (non-hydrogen) atoms. The van der Waals surface area contributed by atoms with E-state index in [0.29, 0.717) is 0 Å². The molecule has 0 unspecified atom stereocenters. The van der Waals surface area contributed by atoms with Crippen molar-refractivity contribution in [1.29, 1.82) is 0 Å². The molecular formula is C11H11NO2S. The van der Waals surface area contributed by atoms with Crippen LogP contribution in [-0.2, 0) is 4.84 Å². The van der Waals surface area contributed by atoms with Crippen LogP contribution in [0.4, 0.5) is 0 Å². The molecule has 0 aliphatic rings. The van der Waals surface area contributed by atoms with Crippen molar-refractivity contribution < 1.29 is 9.63 Å². The van der Waals surface area contributed by atoms with Crippen LogP contribution in [0.1, 0.15) is 9.67 Å². The summed E-state index contributed by atoms with van der Waals surface area (Å²) in [5.41, 5.74) is 0. The van der Waals surface area contributed by atoms with E-state index >= 15 is 0 Å². The lowest BCUT2D eigenvalue weighted by atomic mass is 10.2. The minimum Gasteiger partial charge on any atom is -0.274 e. The molecule has 0 saturated carbocycles. The minimum atomic E-state index is -0.108. The molecule has 78 valence electrons. The second-order valence-corrected chi connectivity index (χ2v) is 4.02. The fourth-order valence-corrected chi connectivity index (χ4v) is 2.38. The third-order valence-electron chi connectivity index (χ3n) is 2.26. The number of rotatable bonds is 2. The Kier molecular flexibility index (Phi) is 2.70. The van der Waals surface area contributed by atoms with E-state index in [9.17, 15) is 4.79 Å². The molecule has 0 saturated heterocycles. The van der Waals surface area contributed by atoms with Gasteiger partial charge in [0.15, 0.2) is 0 Å². The van der Waals surface area contributed by atoms with Gasteiger partial charge in [-0.05, 0) is 10.8 Å². The van der Waals surface area contributed by atoms with E-state index in [4.69, 9.17) is 4.84 Å². The first kappa shape index (κ1) is 10.1. The summed E-state index contributed by atoms with van der Waals surface area (Å²) < 4.78 is 0. The number of hydrogen-bond acceptors (Lipinski definition) is 3. The number of nitrogens with zero attached hydrogens (tertiary/aromatic N) is 1. The second kappa shape index (κ2) is 4.00. The van der Waals surface area contributed by atoms with Crippen molar-refractivity contribution in [3.8, 4) is 0 Å². The Balaban J connectivity index is 2.48. The lowest BCUT2D eigenvalue weighted by molar-refractivity contribution is -0.0752. The Hall–Kier alpha value is -1.39. The summed E-state index contributed by atoms with van der Waals surface area (Å²) in [6.07, 6.45) is 0. The first-order valence-electron chi connectivity index (χ1n) is 4.52. The van der Waals surface area contributed by atoms with Crippen LogP contribution in [0.25, 0.3) is 10.8 Å². The molecule has 0 aliphatic carbocycles. The molecule has 0 atom stereocenters. The van der Waals surface area contributed by atoms with Gasteiger partial charge in [0.1, 0.15) is 4.88 Å². The van der Waals surface area contributed by atoms with E-state index < -0.39 is 0 Å². The Morgan fingerprint density at radius 1 is 1.40 bits per heavy atom. The third kappa shape index (κ3) is 1.73. The van der Waals surface area contributed by atoms with Gasteiger partial charge >= 0.3 is 0 Å². The maximum Gasteiger partial charge on any atom is 0.287 e. The lowest BCUT2D eigenvalue weighted by Gasteiger charge is -2.12. The van der Waals surface area contributed by atoms with Gasteiger partial charge in [-0.3, -0.25) is 9.63 Å². The molecule has 2 rings (SSSR count). The smallest absolute Gasteiger partial charge is 0.274 e. The van der Waals surface area contributed by atoms with Gasteiger partial charge in [0.25, 0.3) is 5.91 Å². The Bertz CT molecular complexity index is 492. The standard InChI is InChI=1S/C11H11NO2S/c1-12(14-2)11(13)10-9-6-4-3-5-8(9)7-15-10/h3-7H,1-2H3. The molecule has 2 aromatic rings. The van der Waals surface area contributed by atoms with E-state index in [1.807, 2.05) is 29.6 Å². The van der Waals surface area contributed by atoms with Crippen molar-refractivity contribution >= 4 is 28.0 Å². The van der Waals surface area contributed by atoms with Gasteiger partial charge in [-0.2, -0.15) is 0 Å². The van der Waals surface area contributed by atoms with Crippen molar-refractivity contribution in [2.75, 3.05) is 14.2 Å². The molecule has 0 aliphatic heterocycles. The van der Waals surface area contributed by atoms with Crippen LogP contribution in [0.15, 0.2) is 29.6 Å². The number of thiophene rings is 1. The molecule has 0 spiro atoms. The van der Waals surface area contributed by atoms with Crippen LogP contribution in [0.2, 0.25) is 0 Å². The van der Waals surface area contributed by atoms with E-state index in [2.05, 4.69) is 0 Å². The normalized spacial score (nSPS) is 10.5. The van der Waals surface area contributed by atoms with Crippen molar-refractivity contribution in [2.24, 2.45) is 0 Å². The molecule has 1 heterocycles. The summed E-state index contributed by atoms with van der Waals surface area (Å²) in [7, 11) is 3.09. The number of carbonyl (C=O) groups excluding carboxylic acids is 1. The summed E-state index contributed by atoms with van der Waals surface area (Å²) in [6, 6.07) is 7.83. The Morgan fingerprint density at radius 3 is 2.87 bits per heavy atom. The molecule has 3 nitrogen and oxygen atoms in total. The maximum absolute atomic E-state index is 11.9. The van der Waals surface area contributed by atoms with Gasteiger partial charge in [0.2, 0.25) is 0 Å². The zero-order valence-corrected chi connectivity index (χ0v) is 9.38. The number of hydroxylamine groups is 2. The molecule has 4 heteroatoms. The van der Waals surface area contributed by atoms with Crippen LogP contribution in [-0.4, -0.2) is 25.1 Å². The molecule has 0 radical (unpaired) electrons. The summed E-state index contributed by atoms with van der Waals surface area (Å²) in [4.78, 5) is 17.5. The summed E-state index contributed by atoms with van der Waals surface area (Å²) in [5.74, 6) is -0.108. The van der Waals surface area contributed by atoms with Gasteiger partial charge in [0.05, 0.1) is 7.11 Å². The first-order valence-corrected chi connectivity index (χ1v) is 5.40. The third-order valence-corrected chi connectivity index (χ3v) is 3.27. The largest absolute Gasteiger partial charge is 0.287 e. The summed E-state index contributed by atoms with van der Waals surface area (Å²) in [6.45, 7) is 0. The van der Waals surface area contributed by atoms with Crippen LogP contribution in [0.5, 0.6) is 0 Å². The van der Waals surface area contributed by atoms with Crippen LogP contribution >= 0.6 is 11.3 Å².